The molecule has 0 saturated carbocycles. The minimum Gasteiger partial charge on any atom is -0.493 e. The fraction of sp³-hybridized carbons (Fsp3) is 0.235. The van der Waals surface area contributed by atoms with Crippen LogP contribution in [0.4, 0.5) is 0 Å². The first-order valence-electron chi connectivity index (χ1n) is 6.97. The number of carbonyl (C=O) groups is 1. The molecule has 0 saturated heterocycles. The molecule has 0 amide bonds. The molecule has 2 aromatic rings. The standard InChI is InChI=1S/C17H16BrClO4/c1-3-22-17(20)12-8-14(19)16(15(9-12)21-2)23-10-11-5-4-6-13(18)7-11/h4-9H,3,10H2,1-2H3. The summed E-state index contributed by atoms with van der Waals surface area (Å²) in [6.07, 6.45) is 0. The zero-order valence-electron chi connectivity index (χ0n) is 12.8. The summed E-state index contributed by atoms with van der Waals surface area (Å²) in [4.78, 5) is 11.8. The van der Waals surface area contributed by atoms with Crippen LogP contribution in [-0.2, 0) is 11.3 Å². The third-order valence-electron chi connectivity index (χ3n) is 3.01. The summed E-state index contributed by atoms with van der Waals surface area (Å²) in [5.74, 6) is 0.323. The highest BCUT2D eigenvalue weighted by Gasteiger charge is 2.16. The average Bonchev–Trinajstić information content (AvgIpc) is 2.53. The molecular formula is C17H16BrClO4. The molecule has 0 unspecified atom stereocenters. The van der Waals surface area contributed by atoms with Gasteiger partial charge < -0.3 is 14.2 Å². The van der Waals surface area contributed by atoms with Gasteiger partial charge in [-0.2, -0.15) is 0 Å². The summed E-state index contributed by atoms with van der Waals surface area (Å²) in [5, 5.41) is 0.294. The van der Waals surface area contributed by atoms with E-state index in [9.17, 15) is 4.79 Å². The first kappa shape index (κ1) is 17.6. The van der Waals surface area contributed by atoms with Crippen molar-refractivity contribution in [3.8, 4) is 11.5 Å². The lowest BCUT2D eigenvalue weighted by Crippen LogP contribution is -2.06. The number of methoxy groups -OCH3 is 1. The van der Waals surface area contributed by atoms with Crippen molar-refractivity contribution in [3.63, 3.8) is 0 Å². The highest BCUT2D eigenvalue weighted by atomic mass is 79.9. The predicted octanol–water partition coefficient (Wildman–Crippen LogP) is 4.87. The van der Waals surface area contributed by atoms with E-state index in [1.807, 2.05) is 24.3 Å². The van der Waals surface area contributed by atoms with Gasteiger partial charge in [0, 0.05) is 4.47 Å². The molecule has 122 valence electrons. The topological polar surface area (TPSA) is 44.8 Å². The molecule has 0 heterocycles. The van der Waals surface area contributed by atoms with Crippen molar-refractivity contribution in [2.75, 3.05) is 13.7 Å². The maximum absolute atomic E-state index is 11.8. The zero-order chi connectivity index (χ0) is 16.8. The number of benzene rings is 2. The third kappa shape index (κ3) is 4.62. The summed E-state index contributed by atoms with van der Waals surface area (Å²) < 4.78 is 17.0. The van der Waals surface area contributed by atoms with E-state index in [1.54, 1.807) is 13.0 Å². The summed E-state index contributed by atoms with van der Waals surface area (Å²) in [6.45, 7) is 2.36. The van der Waals surface area contributed by atoms with Crippen LogP contribution in [0, 0.1) is 0 Å². The fourth-order valence-electron chi connectivity index (χ4n) is 1.97. The van der Waals surface area contributed by atoms with Crippen LogP contribution in [0.2, 0.25) is 5.02 Å². The highest BCUT2D eigenvalue weighted by molar-refractivity contribution is 9.10. The number of halogens is 2. The molecule has 6 heteroatoms. The lowest BCUT2D eigenvalue weighted by atomic mass is 10.2. The second kappa shape index (κ2) is 8.22. The Balaban J connectivity index is 2.22. The number of carbonyl (C=O) groups excluding carboxylic acids is 1. The average molecular weight is 400 g/mol. The second-order valence-corrected chi connectivity index (χ2v) is 5.95. The van der Waals surface area contributed by atoms with Gasteiger partial charge in [-0.1, -0.05) is 39.7 Å². The van der Waals surface area contributed by atoms with Crippen molar-refractivity contribution in [2.24, 2.45) is 0 Å². The van der Waals surface area contributed by atoms with Crippen LogP contribution in [0.15, 0.2) is 40.9 Å². The maximum atomic E-state index is 11.8. The highest BCUT2D eigenvalue weighted by Crippen LogP contribution is 2.37. The first-order valence-corrected chi connectivity index (χ1v) is 8.14. The van der Waals surface area contributed by atoms with Gasteiger partial charge in [-0.05, 0) is 36.8 Å². The lowest BCUT2D eigenvalue weighted by Gasteiger charge is -2.14. The van der Waals surface area contributed by atoms with Gasteiger partial charge in [0.15, 0.2) is 11.5 Å². The van der Waals surface area contributed by atoms with E-state index >= 15 is 0 Å². The van der Waals surface area contributed by atoms with Gasteiger partial charge in [-0.25, -0.2) is 4.79 Å². The predicted molar refractivity (Wildman–Crippen MR) is 92.4 cm³/mol. The molecule has 0 bridgehead atoms. The molecule has 0 N–H and O–H groups in total. The molecule has 4 nitrogen and oxygen atoms in total. The van der Waals surface area contributed by atoms with Gasteiger partial charge in [0.2, 0.25) is 0 Å². The van der Waals surface area contributed by atoms with E-state index in [2.05, 4.69) is 15.9 Å². The van der Waals surface area contributed by atoms with Crippen LogP contribution in [-0.4, -0.2) is 19.7 Å². The van der Waals surface area contributed by atoms with Crippen LogP contribution in [0.5, 0.6) is 11.5 Å². The number of hydrogen-bond acceptors (Lipinski definition) is 4. The minimum atomic E-state index is -0.453. The Labute approximate surface area is 148 Å². The molecular weight excluding hydrogens is 384 g/mol. The van der Waals surface area contributed by atoms with E-state index < -0.39 is 5.97 Å². The smallest absolute Gasteiger partial charge is 0.338 e. The number of rotatable bonds is 6. The summed E-state index contributed by atoms with van der Waals surface area (Å²) in [7, 11) is 1.49. The van der Waals surface area contributed by atoms with Crippen molar-refractivity contribution in [1.29, 1.82) is 0 Å². The lowest BCUT2D eigenvalue weighted by molar-refractivity contribution is 0.0526. The Morgan fingerprint density at radius 2 is 2.04 bits per heavy atom. The van der Waals surface area contributed by atoms with Gasteiger partial charge in [0.05, 0.1) is 24.3 Å². The fourth-order valence-corrected chi connectivity index (χ4v) is 2.69. The number of ether oxygens (including phenoxy) is 3. The molecule has 2 rings (SSSR count). The van der Waals surface area contributed by atoms with E-state index in [0.29, 0.717) is 35.3 Å². The Hall–Kier alpha value is -1.72. The zero-order valence-corrected chi connectivity index (χ0v) is 15.1. The molecule has 23 heavy (non-hydrogen) atoms. The van der Waals surface area contributed by atoms with Gasteiger partial charge in [-0.15, -0.1) is 0 Å². The SMILES string of the molecule is CCOC(=O)c1cc(Cl)c(OCc2cccc(Br)c2)c(OC)c1. The largest absolute Gasteiger partial charge is 0.493 e. The van der Waals surface area contributed by atoms with Crippen molar-refractivity contribution in [3.05, 3.63) is 57.0 Å². The Kier molecular flexibility index (Phi) is 6.30. The van der Waals surface area contributed by atoms with E-state index in [0.717, 1.165) is 10.0 Å². The molecule has 0 radical (unpaired) electrons. The molecule has 0 aliphatic rings. The molecule has 0 aliphatic heterocycles. The van der Waals surface area contributed by atoms with Crippen LogP contribution < -0.4 is 9.47 Å². The van der Waals surface area contributed by atoms with Crippen LogP contribution in [0.3, 0.4) is 0 Å². The van der Waals surface area contributed by atoms with Crippen LogP contribution in [0.25, 0.3) is 0 Å². The third-order valence-corrected chi connectivity index (χ3v) is 3.79. The van der Waals surface area contributed by atoms with Crippen LogP contribution >= 0.6 is 27.5 Å². The molecule has 0 spiro atoms. The molecule has 2 aromatic carbocycles. The molecule has 0 atom stereocenters. The molecule has 0 aromatic heterocycles. The number of esters is 1. The van der Waals surface area contributed by atoms with Crippen molar-refractivity contribution in [2.45, 2.75) is 13.5 Å². The van der Waals surface area contributed by atoms with E-state index in [-0.39, 0.29) is 0 Å². The van der Waals surface area contributed by atoms with E-state index in [4.69, 9.17) is 25.8 Å². The summed E-state index contributed by atoms with van der Waals surface area (Å²) in [6, 6.07) is 10.8. The van der Waals surface area contributed by atoms with Crippen molar-refractivity contribution in [1.82, 2.24) is 0 Å². The monoisotopic (exact) mass is 398 g/mol. The van der Waals surface area contributed by atoms with Gasteiger partial charge in [0.1, 0.15) is 6.61 Å². The second-order valence-electron chi connectivity index (χ2n) is 4.63. The van der Waals surface area contributed by atoms with Crippen molar-refractivity contribution >= 4 is 33.5 Å². The Bertz CT molecular complexity index is 703. The maximum Gasteiger partial charge on any atom is 0.338 e. The minimum absolute atomic E-state index is 0.292. The molecule has 0 aliphatic carbocycles. The van der Waals surface area contributed by atoms with Gasteiger partial charge >= 0.3 is 5.97 Å². The molecule has 0 fully saturated rings. The quantitative estimate of drug-likeness (QED) is 0.650. The summed E-state index contributed by atoms with van der Waals surface area (Å²) in [5.41, 5.74) is 1.30. The van der Waals surface area contributed by atoms with E-state index in [1.165, 1.54) is 13.2 Å². The van der Waals surface area contributed by atoms with Gasteiger partial charge in [-0.3, -0.25) is 0 Å². The first-order chi connectivity index (χ1) is 11.0. The number of hydrogen-bond donors (Lipinski definition) is 0. The van der Waals surface area contributed by atoms with Gasteiger partial charge in [0.25, 0.3) is 0 Å². The van der Waals surface area contributed by atoms with Crippen molar-refractivity contribution < 1.29 is 19.0 Å². The van der Waals surface area contributed by atoms with Crippen LogP contribution in [0.1, 0.15) is 22.8 Å². The summed E-state index contributed by atoms with van der Waals surface area (Å²) >= 11 is 9.65. The Morgan fingerprint density at radius 1 is 1.26 bits per heavy atom. The normalized spacial score (nSPS) is 10.3. The Morgan fingerprint density at radius 3 is 2.70 bits per heavy atom.